The van der Waals surface area contributed by atoms with Crippen molar-refractivity contribution in [1.82, 2.24) is 0 Å². The second-order valence-electron chi connectivity index (χ2n) is 10.9. The third-order valence-corrected chi connectivity index (χ3v) is 7.82. The molecular weight excluding hydrogens is 459 g/mol. The van der Waals surface area contributed by atoms with Crippen molar-refractivity contribution in [3.63, 3.8) is 0 Å². The highest BCUT2D eigenvalue weighted by atomic mass is 19.1. The maximum absolute atomic E-state index is 14.7. The minimum Gasteiger partial charge on any atom is -0.494 e. The SMILES string of the molecule is Cc1ccc(CCC2CCC(c3ccc(OCCCCCCOc4ccc(C)cc4)c(F)c3)CC2)cc1. The zero-order valence-electron chi connectivity index (χ0n) is 22.7. The van der Waals surface area contributed by atoms with Gasteiger partial charge in [-0.1, -0.05) is 53.6 Å². The van der Waals surface area contributed by atoms with Gasteiger partial charge in [0.25, 0.3) is 0 Å². The van der Waals surface area contributed by atoms with Crippen molar-refractivity contribution in [2.75, 3.05) is 13.2 Å². The Bertz CT molecular complexity index is 1070. The normalized spacial score (nSPS) is 17.5. The van der Waals surface area contributed by atoms with E-state index in [2.05, 4.69) is 56.3 Å². The van der Waals surface area contributed by atoms with E-state index in [-0.39, 0.29) is 5.82 Å². The van der Waals surface area contributed by atoms with Gasteiger partial charge in [-0.3, -0.25) is 0 Å². The van der Waals surface area contributed by atoms with Gasteiger partial charge in [0.1, 0.15) is 5.75 Å². The molecule has 0 aliphatic heterocycles. The van der Waals surface area contributed by atoms with Crippen molar-refractivity contribution >= 4 is 0 Å². The number of hydrogen-bond donors (Lipinski definition) is 0. The third kappa shape index (κ3) is 8.91. The van der Waals surface area contributed by atoms with Crippen LogP contribution in [0.3, 0.4) is 0 Å². The van der Waals surface area contributed by atoms with Crippen LogP contribution in [0.1, 0.15) is 86.0 Å². The molecule has 0 saturated heterocycles. The van der Waals surface area contributed by atoms with Crippen LogP contribution in [-0.4, -0.2) is 13.2 Å². The Kier molecular flexibility index (Phi) is 10.5. The minimum absolute atomic E-state index is 0.217. The molecular formula is C34H43FO2. The van der Waals surface area contributed by atoms with Crippen LogP contribution in [0, 0.1) is 25.6 Å². The van der Waals surface area contributed by atoms with Crippen LogP contribution in [0.5, 0.6) is 11.5 Å². The Morgan fingerprint density at radius 1 is 0.703 bits per heavy atom. The van der Waals surface area contributed by atoms with Crippen LogP contribution in [0.25, 0.3) is 0 Å². The summed E-state index contributed by atoms with van der Waals surface area (Å²) >= 11 is 0. The standard InChI is InChI=1S/C34H43FO2/c1-26-7-11-28(12-8-26)13-14-29-15-17-30(18-16-29)31-19-22-34(33(35)25-31)37-24-6-4-3-5-23-36-32-20-9-27(2)10-21-32/h7-12,19-22,25,29-30H,3-6,13-18,23-24H2,1-2H3. The van der Waals surface area contributed by atoms with Gasteiger partial charge >= 0.3 is 0 Å². The monoisotopic (exact) mass is 502 g/mol. The molecule has 1 saturated carbocycles. The Morgan fingerprint density at radius 2 is 1.32 bits per heavy atom. The first-order chi connectivity index (χ1) is 18.1. The summed E-state index contributed by atoms with van der Waals surface area (Å²) in [6, 6.07) is 22.7. The summed E-state index contributed by atoms with van der Waals surface area (Å²) in [5.74, 6) is 2.36. The lowest BCUT2D eigenvalue weighted by Gasteiger charge is -2.29. The molecule has 1 aliphatic carbocycles. The molecule has 0 atom stereocenters. The smallest absolute Gasteiger partial charge is 0.165 e. The van der Waals surface area contributed by atoms with Crippen LogP contribution in [-0.2, 0) is 6.42 Å². The Morgan fingerprint density at radius 3 is 1.97 bits per heavy atom. The second-order valence-corrected chi connectivity index (χ2v) is 10.9. The lowest BCUT2D eigenvalue weighted by atomic mass is 9.77. The van der Waals surface area contributed by atoms with E-state index in [9.17, 15) is 4.39 Å². The fourth-order valence-electron chi connectivity index (χ4n) is 5.36. The van der Waals surface area contributed by atoms with E-state index < -0.39 is 0 Å². The van der Waals surface area contributed by atoms with Crippen LogP contribution < -0.4 is 9.47 Å². The summed E-state index contributed by atoms with van der Waals surface area (Å²) in [5.41, 5.74) is 5.14. The van der Waals surface area contributed by atoms with Crippen molar-refractivity contribution < 1.29 is 13.9 Å². The van der Waals surface area contributed by atoms with E-state index in [1.54, 1.807) is 6.07 Å². The maximum atomic E-state index is 14.7. The molecule has 0 amide bonds. The van der Waals surface area contributed by atoms with E-state index in [0.29, 0.717) is 18.3 Å². The number of aryl methyl sites for hydroxylation is 3. The Labute approximate surface area is 223 Å². The zero-order chi connectivity index (χ0) is 25.9. The third-order valence-electron chi connectivity index (χ3n) is 7.82. The number of unbranched alkanes of at least 4 members (excludes halogenated alkanes) is 3. The molecule has 0 bridgehead atoms. The van der Waals surface area contributed by atoms with Gasteiger partial charge in [-0.05, 0) is 125 Å². The largest absolute Gasteiger partial charge is 0.494 e. The number of hydrogen-bond acceptors (Lipinski definition) is 2. The highest BCUT2D eigenvalue weighted by Gasteiger charge is 2.23. The van der Waals surface area contributed by atoms with Crippen molar-refractivity contribution in [2.24, 2.45) is 5.92 Å². The zero-order valence-corrected chi connectivity index (χ0v) is 22.7. The van der Waals surface area contributed by atoms with Crippen LogP contribution in [0.2, 0.25) is 0 Å². The lowest BCUT2D eigenvalue weighted by Crippen LogP contribution is -2.14. The van der Waals surface area contributed by atoms with Crippen molar-refractivity contribution in [2.45, 2.75) is 84.0 Å². The molecule has 3 aromatic carbocycles. The molecule has 0 aromatic heterocycles. The molecule has 1 fully saturated rings. The quantitative estimate of drug-likeness (QED) is 0.217. The summed E-state index contributed by atoms with van der Waals surface area (Å²) in [6.45, 7) is 5.50. The summed E-state index contributed by atoms with van der Waals surface area (Å²) in [6.07, 6.45) is 11.3. The van der Waals surface area contributed by atoms with Gasteiger partial charge in [-0.2, -0.15) is 0 Å². The number of halogens is 1. The van der Waals surface area contributed by atoms with E-state index in [0.717, 1.165) is 68.8 Å². The van der Waals surface area contributed by atoms with Crippen molar-refractivity contribution in [3.05, 3.63) is 94.8 Å². The molecule has 2 nitrogen and oxygen atoms in total. The van der Waals surface area contributed by atoms with E-state index in [4.69, 9.17) is 9.47 Å². The van der Waals surface area contributed by atoms with Crippen LogP contribution in [0.4, 0.5) is 4.39 Å². The molecule has 0 radical (unpaired) electrons. The first-order valence-corrected chi connectivity index (χ1v) is 14.2. The van der Waals surface area contributed by atoms with Crippen molar-refractivity contribution in [3.8, 4) is 11.5 Å². The van der Waals surface area contributed by atoms with E-state index in [1.165, 1.54) is 36.0 Å². The molecule has 4 rings (SSSR count). The second kappa shape index (κ2) is 14.2. The summed E-state index contributed by atoms with van der Waals surface area (Å²) in [5, 5.41) is 0. The van der Waals surface area contributed by atoms with Gasteiger partial charge in [-0.15, -0.1) is 0 Å². The average Bonchev–Trinajstić information content (AvgIpc) is 2.92. The fourth-order valence-corrected chi connectivity index (χ4v) is 5.36. The van der Waals surface area contributed by atoms with Gasteiger partial charge in [0, 0.05) is 0 Å². The maximum Gasteiger partial charge on any atom is 0.165 e. The Balaban J connectivity index is 1.09. The van der Waals surface area contributed by atoms with Gasteiger partial charge in [0.2, 0.25) is 0 Å². The lowest BCUT2D eigenvalue weighted by molar-refractivity contribution is 0.279. The molecule has 198 valence electrons. The van der Waals surface area contributed by atoms with Crippen LogP contribution in [0.15, 0.2) is 66.7 Å². The van der Waals surface area contributed by atoms with Gasteiger partial charge in [0.15, 0.2) is 11.6 Å². The van der Waals surface area contributed by atoms with Crippen LogP contribution >= 0.6 is 0 Å². The first kappa shape index (κ1) is 27.2. The van der Waals surface area contributed by atoms with Gasteiger partial charge < -0.3 is 9.47 Å². The molecule has 0 spiro atoms. The van der Waals surface area contributed by atoms with E-state index in [1.807, 2.05) is 18.2 Å². The Hall–Kier alpha value is -2.81. The summed E-state index contributed by atoms with van der Waals surface area (Å²) < 4.78 is 26.3. The average molecular weight is 503 g/mol. The highest BCUT2D eigenvalue weighted by Crippen LogP contribution is 2.38. The van der Waals surface area contributed by atoms with Crippen molar-refractivity contribution in [1.29, 1.82) is 0 Å². The predicted molar refractivity (Wildman–Crippen MR) is 151 cm³/mol. The topological polar surface area (TPSA) is 18.5 Å². The number of benzene rings is 3. The molecule has 0 heterocycles. The minimum atomic E-state index is -0.217. The first-order valence-electron chi connectivity index (χ1n) is 14.2. The summed E-state index contributed by atoms with van der Waals surface area (Å²) in [7, 11) is 0. The molecule has 1 aliphatic rings. The number of rotatable bonds is 13. The molecule has 3 heteroatoms. The van der Waals surface area contributed by atoms with E-state index >= 15 is 0 Å². The molecule has 0 N–H and O–H groups in total. The summed E-state index contributed by atoms with van der Waals surface area (Å²) in [4.78, 5) is 0. The molecule has 0 unspecified atom stereocenters. The predicted octanol–water partition coefficient (Wildman–Crippen LogP) is 9.37. The van der Waals surface area contributed by atoms with Gasteiger partial charge in [-0.25, -0.2) is 4.39 Å². The highest BCUT2D eigenvalue weighted by molar-refractivity contribution is 5.31. The van der Waals surface area contributed by atoms with Gasteiger partial charge in [0.05, 0.1) is 13.2 Å². The fraction of sp³-hybridized carbons (Fsp3) is 0.471. The molecule has 3 aromatic rings. The number of ether oxygens (including phenoxy) is 2. The molecule has 37 heavy (non-hydrogen) atoms.